The van der Waals surface area contributed by atoms with Crippen molar-refractivity contribution in [3.8, 4) is 34.5 Å². The van der Waals surface area contributed by atoms with Gasteiger partial charge in [0.05, 0.1) is 41.1 Å². The maximum absolute atomic E-state index is 13.0. The second-order valence-electron chi connectivity index (χ2n) is 8.72. The number of ether oxygens (including phenoxy) is 7. The third-order valence-corrected chi connectivity index (χ3v) is 6.41. The molecule has 3 aromatic carbocycles. The van der Waals surface area contributed by atoms with Crippen molar-refractivity contribution >= 4 is 24.0 Å². The summed E-state index contributed by atoms with van der Waals surface area (Å²) >= 11 is 0. The summed E-state index contributed by atoms with van der Waals surface area (Å²) < 4.78 is 37.6. The molecule has 0 aromatic heterocycles. The Kier molecular flexibility index (Phi) is 8.66. The SMILES string of the molecule is COC(=O)C=Cc1cc(OC)c2c(c1)[C@@H](C(=O)OC)[C@H](c1ccc(OC(=O)c3ccc(O)c(OC)c3)c(OC)c1)O2. The Bertz CT molecular complexity index is 1510. The molecule has 0 bridgehead atoms. The van der Waals surface area contributed by atoms with Crippen LogP contribution in [-0.2, 0) is 19.1 Å². The van der Waals surface area contributed by atoms with Gasteiger partial charge in [0.15, 0.2) is 34.5 Å². The Hall–Kier alpha value is -5.19. The maximum Gasteiger partial charge on any atom is 0.343 e. The normalized spacial score (nSPS) is 15.4. The molecule has 0 saturated carbocycles. The van der Waals surface area contributed by atoms with Crippen LogP contribution in [0.5, 0.6) is 34.5 Å². The molecule has 1 heterocycles. The van der Waals surface area contributed by atoms with Gasteiger partial charge in [-0.15, -0.1) is 0 Å². The number of phenols is 1. The van der Waals surface area contributed by atoms with Gasteiger partial charge in [0, 0.05) is 11.6 Å². The van der Waals surface area contributed by atoms with Gasteiger partial charge in [0.2, 0.25) is 0 Å². The van der Waals surface area contributed by atoms with E-state index in [0.29, 0.717) is 28.2 Å². The van der Waals surface area contributed by atoms with Crippen LogP contribution >= 0.6 is 0 Å². The summed E-state index contributed by atoms with van der Waals surface area (Å²) in [5.74, 6) is -1.67. The molecule has 0 saturated heterocycles. The minimum atomic E-state index is -0.891. The van der Waals surface area contributed by atoms with E-state index in [4.69, 9.17) is 28.4 Å². The summed E-state index contributed by atoms with van der Waals surface area (Å²) in [5.41, 5.74) is 1.76. The van der Waals surface area contributed by atoms with Crippen LogP contribution in [0.15, 0.2) is 54.6 Å². The highest BCUT2D eigenvalue weighted by Gasteiger charge is 2.43. The zero-order valence-corrected chi connectivity index (χ0v) is 23.0. The average molecular weight is 565 g/mol. The highest BCUT2D eigenvalue weighted by molar-refractivity contribution is 5.92. The van der Waals surface area contributed by atoms with E-state index in [1.807, 2.05) is 0 Å². The lowest BCUT2D eigenvalue weighted by Crippen LogP contribution is -2.20. The molecule has 11 heteroatoms. The van der Waals surface area contributed by atoms with Gasteiger partial charge in [-0.2, -0.15) is 0 Å². The molecule has 11 nitrogen and oxygen atoms in total. The lowest BCUT2D eigenvalue weighted by molar-refractivity contribution is -0.144. The summed E-state index contributed by atoms with van der Waals surface area (Å²) in [6.07, 6.45) is 1.94. The molecule has 1 aliphatic rings. The number of rotatable bonds is 9. The quantitative estimate of drug-likeness (QED) is 0.227. The molecule has 0 spiro atoms. The molecule has 2 atom stereocenters. The number of carbonyl (C=O) groups is 3. The number of hydrogen-bond donors (Lipinski definition) is 1. The van der Waals surface area contributed by atoms with Crippen LogP contribution in [0.3, 0.4) is 0 Å². The molecule has 0 aliphatic carbocycles. The van der Waals surface area contributed by atoms with Gasteiger partial charge >= 0.3 is 17.9 Å². The fourth-order valence-electron chi connectivity index (χ4n) is 4.39. The van der Waals surface area contributed by atoms with Gasteiger partial charge in [0.25, 0.3) is 0 Å². The molecule has 0 unspecified atom stereocenters. The molecule has 0 radical (unpaired) electrons. The number of fused-ring (bicyclic) bond motifs is 1. The third-order valence-electron chi connectivity index (χ3n) is 6.41. The molecule has 1 aliphatic heterocycles. The van der Waals surface area contributed by atoms with Crippen LogP contribution < -0.4 is 23.7 Å². The Morgan fingerprint density at radius 2 is 1.54 bits per heavy atom. The second-order valence-corrected chi connectivity index (χ2v) is 8.72. The number of aromatic hydroxyl groups is 1. The molecule has 0 amide bonds. The molecule has 1 N–H and O–H groups in total. The topological polar surface area (TPSA) is 136 Å². The number of benzene rings is 3. The Labute approximate surface area is 235 Å². The first-order valence-corrected chi connectivity index (χ1v) is 12.2. The van der Waals surface area contributed by atoms with E-state index in [-0.39, 0.29) is 28.6 Å². The standard InChI is InChI=1S/C30H28O11/c1-35-22-15-18(7-9-20(22)31)29(33)40-21-10-8-17(14-23(21)36-2)27-26(30(34)39-5)19-12-16(6-11-25(32)38-4)13-24(37-3)28(19)41-27/h6-15,26-27,31H,1-5H3/t26-,27+/m1/s1. The summed E-state index contributed by atoms with van der Waals surface area (Å²) in [7, 11) is 6.78. The summed E-state index contributed by atoms with van der Waals surface area (Å²) in [6, 6.07) is 12.2. The largest absolute Gasteiger partial charge is 0.504 e. The van der Waals surface area contributed by atoms with E-state index < -0.39 is 29.9 Å². The molecule has 214 valence electrons. The van der Waals surface area contributed by atoms with Crippen molar-refractivity contribution in [1.29, 1.82) is 0 Å². The van der Waals surface area contributed by atoms with E-state index in [1.54, 1.807) is 24.3 Å². The highest BCUT2D eigenvalue weighted by atomic mass is 16.6. The minimum Gasteiger partial charge on any atom is -0.504 e. The van der Waals surface area contributed by atoms with Crippen LogP contribution in [0.1, 0.15) is 39.1 Å². The van der Waals surface area contributed by atoms with Crippen LogP contribution in [0, 0.1) is 0 Å². The van der Waals surface area contributed by atoms with Crippen molar-refractivity contribution in [2.75, 3.05) is 35.5 Å². The highest BCUT2D eigenvalue weighted by Crippen LogP contribution is 2.52. The van der Waals surface area contributed by atoms with Crippen LogP contribution in [0.25, 0.3) is 6.08 Å². The van der Waals surface area contributed by atoms with Crippen molar-refractivity contribution in [2.45, 2.75) is 12.0 Å². The summed E-state index contributed by atoms with van der Waals surface area (Å²) in [4.78, 5) is 37.4. The zero-order chi connectivity index (χ0) is 29.7. The maximum atomic E-state index is 13.0. The van der Waals surface area contributed by atoms with E-state index in [9.17, 15) is 19.5 Å². The number of esters is 3. The van der Waals surface area contributed by atoms with Gasteiger partial charge in [-0.1, -0.05) is 6.07 Å². The van der Waals surface area contributed by atoms with E-state index in [2.05, 4.69) is 4.74 Å². The summed E-state index contributed by atoms with van der Waals surface area (Å²) in [6.45, 7) is 0. The lowest BCUT2D eigenvalue weighted by atomic mass is 9.90. The minimum absolute atomic E-state index is 0.117. The van der Waals surface area contributed by atoms with E-state index in [0.717, 1.165) is 0 Å². The molecule has 3 aromatic rings. The first-order valence-electron chi connectivity index (χ1n) is 12.2. The van der Waals surface area contributed by atoms with Gasteiger partial charge in [0.1, 0.15) is 12.0 Å². The Morgan fingerprint density at radius 3 is 2.20 bits per heavy atom. The van der Waals surface area contributed by atoms with Gasteiger partial charge in [-0.05, 0) is 59.7 Å². The predicted molar refractivity (Wildman–Crippen MR) is 145 cm³/mol. The van der Waals surface area contributed by atoms with Crippen LogP contribution in [0.4, 0.5) is 0 Å². The molecule has 0 fully saturated rings. The van der Waals surface area contributed by atoms with E-state index in [1.165, 1.54) is 72.0 Å². The predicted octanol–water partition coefficient (Wildman–Crippen LogP) is 4.21. The number of methoxy groups -OCH3 is 5. The fourth-order valence-corrected chi connectivity index (χ4v) is 4.39. The third kappa shape index (κ3) is 5.88. The molecule has 4 rings (SSSR count). The Morgan fingerprint density at radius 1 is 0.805 bits per heavy atom. The second kappa shape index (κ2) is 12.3. The van der Waals surface area contributed by atoms with Crippen molar-refractivity contribution in [3.05, 3.63) is 76.9 Å². The molecule has 41 heavy (non-hydrogen) atoms. The number of hydrogen-bond acceptors (Lipinski definition) is 11. The van der Waals surface area contributed by atoms with Gasteiger partial charge in [-0.25, -0.2) is 9.59 Å². The first kappa shape index (κ1) is 28.8. The van der Waals surface area contributed by atoms with Crippen LogP contribution in [-0.4, -0.2) is 58.6 Å². The van der Waals surface area contributed by atoms with Gasteiger partial charge in [-0.3, -0.25) is 4.79 Å². The van der Waals surface area contributed by atoms with Crippen molar-refractivity contribution < 1.29 is 52.6 Å². The van der Waals surface area contributed by atoms with Crippen molar-refractivity contribution in [1.82, 2.24) is 0 Å². The van der Waals surface area contributed by atoms with Gasteiger partial charge < -0.3 is 38.3 Å². The van der Waals surface area contributed by atoms with Crippen molar-refractivity contribution in [3.63, 3.8) is 0 Å². The fraction of sp³-hybridized carbons (Fsp3) is 0.233. The zero-order valence-electron chi connectivity index (χ0n) is 23.0. The van der Waals surface area contributed by atoms with Crippen molar-refractivity contribution in [2.24, 2.45) is 0 Å². The number of carbonyl (C=O) groups excluding carboxylic acids is 3. The van der Waals surface area contributed by atoms with E-state index >= 15 is 0 Å². The first-order chi connectivity index (χ1) is 19.7. The molecular weight excluding hydrogens is 536 g/mol. The number of phenolic OH excluding ortho intramolecular Hbond substituents is 1. The molecular formula is C30H28O11. The van der Waals surface area contributed by atoms with Crippen LogP contribution in [0.2, 0.25) is 0 Å². The monoisotopic (exact) mass is 564 g/mol. The lowest BCUT2D eigenvalue weighted by Gasteiger charge is -2.19. The average Bonchev–Trinajstić information content (AvgIpc) is 3.38. The smallest absolute Gasteiger partial charge is 0.343 e. The Balaban J connectivity index is 1.68. The summed E-state index contributed by atoms with van der Waals surface area (Å²) in [5, 5.41) is 9.80.